The Morgan fingerprint density at radius 3 is 1.89 bits per heavy atom. The van der Waals surface area contributed by atoms with Gasteiger partial charge >= 0.3 is 5.97 Å². The predicted octanol–water partition coefficient (Wildman–Crippen LogP) is 3.13. The zero-order valence-corrected chi connectivity index (χ0v) is 18.2. The van der Waals surface area contributed by atoms with Gasteiger partial charge in [0.1, 0.15) is 0 Å². The Morgan fingerprint density at radius 1 is 0.929 bits per heavy atom. The largest absolute Gasteiger partial charge is 0.493 e. The van der Waals surface area contributed by atoms with Crippen molar-refractivity contribution in [3.05, 3.63) is 17.7 Å². The van der Waals surface area contributed by atoms with Crippen molar-refractivity contribution in [1.82, 2.24) is 5.32 Å². The number of hydrogen-bond donors (Lipinski definition) is 1. The molecule has 0 saturated heterocycles. The van der Waals surface area contributed by atoms with Gasteiger partial charge in [-0.1, -0.05) is 20.8 Å². The number of rotatable bonds is 9. The number of hydrogen-bond acceptors (Lipinski definition) is 6. The summed E-state index contributed by atoms with van der Waals surface area (Å²) in [5.41, 5.74) is 0.311. The molecule has 0 aliphatic carbocycles. The van der Waals surface area contributed by atoms with E-state index in [0.29, 0.717) is 22.8 Å². The normalized spacial score (nSPS) is 11.6. The van der Waals surface area contributed by atoms with Crippen molar-refractivity contribution in [1.29, 1.82) is 0 Å². The predicted molar refractivity (Wildman–Crippen MR) is 107 cm³/mol. The minimum absolute atomic E-state index is 0.0185. The quantitative estimate of drug-likeness (QED) is 0.647. The third-order valence-electron chi connectivity index (χ3n) is 3.89. The van der Waals surface area contributed by atoms with Crippen LogP contribution in [0, 0.1) is 5.41 Å². The van der Waals surface area contributed by atoms with Gasteiger partial charge in [0.2, 0.25) is 5.75 Å². The Morgan fingerprint density at radius 2 is 1.46 bits per heavy atom. The molecule has 28 heavy (non-hydrogen) atoms. The van der Waals surface area contributed by atoms with Gasteiger partial charge < -0.3 is 24.3 Å². The lowest BCUT2D eigenvalue weighted by Crippen LogP contribution is -2.47. The van der Waals surface area contributed by atoms with E-state index in [9.17, 15) is 9.59 Å². The van der Waals surface area contributed by atoms with Crippen LogP contribution in [0.3, 0.4) is 0 Å². The molecule has 7 heteroatoms. The summed E-state index contributed by atoms with van der Waals surface area (Å²) in [4.78, 5) is 24.3. The van der Waals surface area contributed by atoms with E-state index < -0.39 is 11.5 Å². The van der Waals surface area contributed by atoms with E-state index in [2.05, 4.69) is 26.1 Å². The molecule has 0 heterocycles. The zero-order valence-electron chi connectivity index (χ0n) is 18.2. The first-order chi connectivity index (χ1) is 12.9. The van der Waals surface area contributed by atoms with Crippen molar-refractivity contribution >= 4 is 11.9 Å². The average molecular weight is 395 g/mol. The van der Waals surface area contributed by atoms with Crippen LogP contribution in [0.2, 0.25) is 0 Å². The molecule has 0 aliphatic rings. The zero-order chi connectivity index (χ0) is 21.5. The monoisotopic (exact) mass is 395 g/mol. The summed E-state index contributed by atoms with van der Waals surface area (Å²) in [6.07, 6.45) is 0.778. The summed E-state index contributed by atoms with van der Waals surface area (Å²) in [6, 6.07) is 3.35. The van der Waals surface area contributed by atoms with E-state index in [1.54, 1.807) is 12.1 Å². The lowest BCUT2D eigenvalue weighted by atomic mass is 9.82. The molecular formula is C21H33NO6. The molecule has 0 bridgehead atoms. The third kappa shape index (κ3) is 7.66. The molecule has 1 aromatic rings. The van der Waals surface area contributed by atoms with Crippen LogP contribution in [0.1, 0.15) is 46.6 Å². The van der Waals surface area contributed by atoms with Crippen LogP contribution in [0.25, 0.3) is 0 Å². The molecule has 1 rings (SSSR count). The van der Waals surface area contributed by atoms with E-state index in [1.165, 1.54) is 21.3 Å². The Hall–Kier alpha value is -2.44. The second-order valence-corrected chi connectivity index (χ2v) is 8.54. The van der Waals surface area contributed by atoms with Crippen molar-refractivity contribution in [3.63, 3.8) is 0 Å². The highest BCUT2D eigenvalue weighted by Gasteiger charge is 2.27. The summed E-state index contributed by atoms with van der Waals surface area (Å²) in [7, 11) is 4.51. The maximum Gasteiger partial charge on any atom is 0.310 e. The van der Waals surface area contributed by atoms with Crippen LogP contribution in [-0.4, -0.2) is 45.4 Å². The summed E-state index contributed by atoms with van der Waals surface area (Å²) in [5.74, 6) is 0.505. The molecule has 1 amide bonds. The van der Waals surface area contributed by atoms with Crippen molar-refractivity contribution in [2.75, 3.05) is 27.9 Å². The molecule has 1 aromatic carbocycles. The maximum absolute atomic E-state index is 12.1. The van der Waals surface area contributed by atoms with Crippen LogP contribution in [0.4, 0.5) is 0 Å². The first-order valence-electron chi connectivity index (χ1n) is 9.16. The van der Waals surface area contributed by atoms with Crippen LogP contribution in [0.5, 0.6) is 17.2 Å². The Bertz CT molecular complexity index is 666. The van der Waals surface area contributed by atoms with Crippen LogP contribution >= 0.6 is 0 Å². The second-order valence-electron chi connectivity index (χ2n) is 8.54. The lowest BCUT2D eigenvalue weighted by Gasteiger charge is -2.33. The molecule has 0 atom stereocenters. The van der Waals surface area contributed by atoms with Gasteiger partial charge in [0.05, 0.1) is 27.8 Å². The van der Waals surface area contributed by atoms with Gasteiger partial charge in [-0.2, -0.15) is 0 Å². The number of carbonyl (C=O) groups is 2. The molecule has 7 nitrogen and oxygen atoms in total. The molecule has 0 aromatic heterocycles. The highest BCUT2D eigenvalue weighted by molar-refractivity contribution is 5.81. The summed E-state index contributed by atoms with van der Waals surface area (Å²) < 4.78 is 20.9. The summed E-state index contributed by atoms with van der Waals surface area (Å²) >= 11 is 0. The maximum atomic E-state index is 12.1. The van der Waals surface area contributed by atoms with Crippen molar-refractivity contribution in [2.45, 2.75) is 53.0 Å². The molecular weight excluding hydrogens is 362 g/mol. The van der Waals surface area contributed by atoms with Gasteiger partial charge in [-0.25, -0.2) is 0 Å². The van der Waals surface area contributed by atoms with Crippen molar-refractivity contribution in [2.24, 2.45) is 5.41 Å². The second kappa shape index (κ2) is 9.66. The summed E-state index contributed by atoms with van der Waals surface area (Å²) in [5, 5.41) is 2.91. The van der Waals surface area contributed by atoms with Gasteiger partial charge in [0.25, 0.3) is 5.91 Å². The molecule has 0 radical (unpaired) electrons. The summed E-state index contributed by atoms with van der Waals surface area (Å²) in [6.45, 7) is 9.91. The Labute approximate surface area is 167 Å². The first kappa shape index (κ1) is 23.6. The lowest BCUT2D eigenvalue weighted by molar-refractivity contribution is -0.148. The van der Waals surface area contributed by atoms with E-state index in [-0.39, 0.29) is 24.3 Å². The first-order valence-corrected chi connectivity index (χ1v) is 9.16. The molecule has 0 aliphatic heterocycles. The van der Waals surface area contributed by atoms with E-state index in [0.717, 1.165) is 6.42 Å². The number of nitrogens with one attached hydrogen (secondary N) is 1. The van der Waals surface area contributed by atoms with Gasteiger partial charge in [-0.3, -0.25) is 9.59 Å². The highest BCUT2D eigenvalue weighted by atomic mass is 16.5. The van der Waals surface area contributed by atoms with Gasteiger partial charge in [-0.15, -0.1) is 0 Å². The van der Waals surface area contributed by atoms with E-state index in [1.807, 2.05) is 13.8 Å². The van der Waals surface area contributed by atoms with Crippen molar-refractivity contribution in [3.8, 4) is 17.2 Å². The van der Waals surface area contributed by atoms with Crippen molar-refractivity contribution < 1.29 is 28.5 Å². The van der Waals surface area contributed by atoms with Gasteiger partial charge in [-0.05, 0) is 43.4 Å². The van der Waals surface area contributed by atoms with Crippen LogP contribution in [-0.2, 0) is 20.7 Å². The number of benzene rings is 1. The average Bonchev–Trinajstić information content (AvgIpc) is 2.56. The Kier molecular flexibility index (Phi) is 8.14. The molecule has 158 valence electrons. The molecule has 1 N–H and O–H groups in total. The number of methoxy groups -OCH3 is 3. The fourth-order valence-corrected chi connectivity index (χ4v) is 3.38. The fraction of sp³-hybridized carbons (Fsp3) is 0.619. The topological polar surface area (TPSA) is 83.1 Å². The molecule has 0 spiro atoms. The molecule has 0 unspecified atom stereocenters. The van der Waals surface area contributed by atoms with Gasteiger partial charge in [0.15, 0.2) is 18.1 Å². The van der Waals surface area contributed by atoms with Crippen LogP contribution < -0.4 is 19.5 Å². The minimum Gasteiger partial charge on any atom is -0.493 e. The van der Waals surface area contributed by atoms with E-state index >= 15 is 0 Å². The number of ether oxygens (including phenoxy) is 4. The number of carbonyl (C=O) groups excluding carboxylic acids is 2. The SMILES string of the molecule is COc1cc(CC(=O)OCC(=O)NC(C)(C)CC(C)(C)C)cc(OC)c1OC. The highest BCUT2D eigenvalue weighted by Crippen LogP contribution is 2.38. The molecule has 0 fully saturated rings. The number of esters is 1. The molecule has 0 saturated carbocycles. The standard InChI is InChI=1S/C21H33NO6/c1-20(2,3)13-21(4,5)22-17(23)12-28-18(24)11-14-9-15(25-6)19(27-8)16(10-14)26-7/h9-10H,11-13H2,1-8H3,(H,22,23). The fourth-order valence-electron chi connectivity index (χ4n) is 3.38. The Balaban J connectivity index is 2.67. The van der Waals surface area contributed by atoms with Crippen LogP contribution in [0.15, 0.2) is 12.1 Å². The van der Waals surface area contributed by atoms with E-state index in [4.69, 9.17) is 18.9 Å². The smallest absolute Gasteiger partial charge is 0.310 e. The third-order valence-corrected chi connectivity index (χ3v) is 3.89. The van der Waals surface area contributed by atoms with Gasteiger partial charge in [0, 0.05) is 5.54 Å². The number of amides is 1. The minimum atomic E-state index is -0.516.